The molecule has 1 fully saturated rings. The highest BCUT2D eigenvalue weighted by Gasteiger charge is 2.37. The quantitative estimate of drug-likeness (QED) is 0.701. The highest BCUT2D eigenvalue weighted by Crippen LogP contribution is 2.21. The highest BCUT2D eigenvalue weighted by molar-refractivity contribution is 7.86. The van der Waals surface area contributed by atoms with Gasteiger partial charge in [0.2, 0.25) is 0 Å². The molecule has 25 heavy (non-hydrogen) atoms. The van der Waals surface area contributed by atoms with E-state index in [1.165, 1.54) is 0 Å². The lowest BCUT2D eigenvalue weighted by Gasteiger charge is -2.39. The van der Waals surface area contributed by atoms with Crippen LogP contribution in [0, 0.1) is 0 Å². The summed E-state index contributed by atoms with van der Waals surface area (Å²) in [7, 11) is -1.97. The number of morpholine rings is 1. The normalized spacial score (nSPS) is 23.7. The molecular formula is C18H30N2O4S. The fraction of sp³-hybridized carbons (Fsp3) is 0.667. The molecule has 7 heteroatoms. The van der Waals surface area contributed by atoms with E-state index in [1.54, 1.807) is 15.7 Å². The topological polar surface area (TPSA) is 59.1 Å². The van der Waals surface area contributed by atoms with Crippen LogP contribution in [0.4, 0.5) is 0 Å². The van der Waals surface area contributed by atoms with Crippen molar-refractivity contribution in [3.63, 3.8) is 0 Å². The Morgan fingerprint density at radius 2 is 1.84 bits per heavy atom. The number of nitrogens with zero attached hydrogens (tertiary/aromatic N) is 2. The molecule has 0 saturated carbocycles. The average molecular weight is 371 g/mol. The Bertz CT molecular complexity index is 613. The minimum atomic E-state index is -3.57. The van der Waals surface area contributed by atoms with Gasteiger partial charge in [-0.05, 0) is 25.8 Å². The number of rotatable bonds is 8. The first kappa shape index (κ1) is 20.3. The van der Waals surface area contributed by atoms with E-state index in [9.17, 15) is 8.42 Å². The van der Waals surface area contributed by atoms with Gasteiger partial charge in [-0.3, -0.25) is 0 Å². The Balaban J connectivity index is 2.23. The lowest BCUT2D eigenvalue weighted by Crippen LogP contribution is -2.56. The third kappa shape index (κ3) is 5.24. The fourth-order valence-corrected chi connectivity index (χ4v) is 5.33. The lowest BCUT2D eigenvalue weighted by atomic mass is 10.1. The second-order valence-electron chi connectivity index (χ2n) is 6.58. The number of benzene rings is 1. The van der Waals surface area contributed by atoms with Crippen molar-refractivity contribution in [1.29, 1.82) is 0 Å². The van der Waals surface area contributed by atoms with E-state index in [0.717, 1.165) is 5.56 Å². The van der Waals surface area contributed by atoms with Crippen LogP contribution in [0.15, 0.2) is 30.3 Å². The van der Waals surface area contributed by atoms with Crippen LogP contribution in [0.1, 0.15) is 26.3 Å². The van der Waals surface area contributed by atoms with Gasteiger partial charge in [0.15, 0.2) is 0 Å². The first-order valence-corrected chi connectivity index (χ1v) is 10.2. The summed E-state index contributed by atoms with van der Waals surface area (Å²) in [6, 6.07) is 9.68. The number of ether oxygens (including phenoxy) is 2. The Morgan fingerprint density at radius 1 is 1.24 bits per heavy atom. The molecule has 3 unspecified atom stereocenters. The summed E-state index contributed by atoms with van der Waals surface area (Å²) >= 11 is 0. The maximum absolute atomic E-state index is 13.3. The molecule has 1 aliphatic rings. The van der Waals surface area contributed by atoms with Crippen molar-refractivity contribution in [3.05, 3.63) is 35.9 Å². The molecule has 0 bridgehead atoms. The smallest absolute Gasteiger partial charge is 0.282 e. The standard InChI is InChI=1S/C18H30N2O4S/c1-5-20(18(14-23-4)11-17-9-7-6-8-10-17)25(21,22)19-12-15(2)24-16(3)13-19/h6-10,15-16,18H,5,11-14H2,1-4H3. The van der Waals surface area contributed by atoms with Gasteiger partial charge in [0.05, 0.1) is 24.9 Å². The second-order valence-corrected chi connectivity index (χ2v) is 8.47. The summed E-state index contributed by atoms with van der Waals surface area (Å²) in [6.45, 7) is 7.22. The molecule has 1 aromatic rings. The maximum Gasteiger partial charge on any atom is 0.282 e. The second kappa shape index (κ2) is 9.09. The summed E-state index contributed by atoms with van der Waals surface area (Å²) < 4.78 is 40.6. The van der Waals surface area contributed by atoms with E-state index < -0.39 is 10.2 Å². The Kier molecular flexibility index (Phi) is 7.39. The lowest BCUT2D eigenvalue weighted by molar-refractivity contribution is -0.0460. The van der Waals surface area contributed by atoms with E-state index in [-0.39, 0.29) is 18.2 Å². The van der Waals surface area contributed by atoms with E-state index in [0.29, 0.717) is 32.7 Å². The van der Waals surface area contributed by atoms with Gasteiger partial charge in [-0.25, -0.2) is 0 Å². The molecule has 142 valence electrons. The van der Waals surface area contributed by atoms with Gasteiger partial charge in [-0.2, -0.15) is 17.0 Å². The molecule has 1 saturated heterocycles. The van der Waals surface area contributed by atoms with Gasteiger partial charge < -0.3 is 9.47 Å². The monoisotopic (exact) mass is 370 g/mol. The summed E-state index contributed by atoms with van der Waals surface area (Å²) in [5.41, 5.74) is 1.10. The molecule has 0 amide bonds. The van der Waals surface area contributed by atoms with Gasteiger partial charge in [-0.15, -0.1) is 0 Å². The molecule has 2 rings (SSSR count). The zero-order chi connectivity index (χ0) is 18.4. The third-order valence-corrected chi connectivity index (χ3v) is 6.50. The van der Waals surface area contributed by atoms with Crippen LogP contribution < -0.4 is 0 Å². The molecule has 0 aliphatic carbocycles. The SMILES string of the molecule is CCN(C(COC)Cc1ccccc1)S(=O)(=O)N1CC(C)OC(C)C1. The van der Waals surface area contributed by atoms with Crippen molar-refractivity contribution in [1.82, 2.24) is 8.61 Å². The minimum Gasteiger partial charge on any atom is -0.383 e. The van der Waals surface area contributed by atoms with Crippen molar-refractivity contribution in [3.8, 4) is 0 Å². The Labute approximate surface area is 151 Å². The van der Waals surface area contributed by atoms with Crippen molar-refractivity contribution in [2.75, 3.05) is 33.4 Å². The molecule has 0 spiro atoms. The molecule has 0 N–H and O–H groups in total. The summed E-state index contributed by atoms with van der Waals surface area (Å²) in [5.74, 6) is 0. The van der Waals surface area contributed by atoms with Crippen LogP contribution in [-0.2, 0) is 26.1 Å². The molecule has 6 nitrogen and oxygen atoms in total. The minimum absolute atomic E-state index is 0.104. The first-order chi connectivity index (χ1) is 11.9. The predicted molar refractivity (Wildman–Crippen MR) is 98.7 cm³/mol. The van der Waals surface area contributed by atoms with Gasteiger partial charge in [0, 0.05) is 26.7 Å². The van der Waals surface area contributed by atoms with Crippen LogP contribution in [0.5, 0.6) is 0 Å². The first-order valence-electron chi connectivity index (χ1n) is 8.83. The van der Waals surface area contributed by atoms with Crippen LogP contribution in [0.2, 0.25) is 0 Å². The molecule has 1 aromatic carbocycles. The van der Waals surface area contributed by atoms with Gasteiger partial charge in [0.1, 0.15) is 0 Å². The molecular weight excluding hydrogens is 340 g/mol. The van der Waals surface area contributed by atoms with Crippen LogP contribution in [0.3, 0.4) is 0 Å². The number of hydrogen-bond acceptors (Lipinski definition) is 4. The van der Waals surface area contributed by atoms with Gasteiger partial charge in [0.25, 0.3) is 10.2 Å². The van der Waals surface area contributed by atoms with E-state index in [2.05, 4.69) is 0 Å². The molecule has 1 aliphatic heterocycles. The van der Waals surface area contributed by atoms with Crippen molar-refractivity contribution in [2.45, 2.75) is 45.4 Å². The zero-order valence-electron chi connectivity index (χ0n) is 15.6. The molecule has 0 radical (unpaired) electrons. The van der Waals surface area contributed by atoms with Crippen molar-refractivity contribution in [2.24, 2.45) is 0 Å². The largest absolute Gasteiger partial charge is 0.383 e. The highest BCUT2D eigenvalue weighted by atomic mass is 32.2. The maximum atomic E-state index is 13.3. The van der Waals surface area contributed by atoms with Crippen LogP contribution in [0.25, 0.3) is 0 Å². The Hall–Kier alpha value is -0.990. The Morgan fingerprint density at radius 3 is 2.36 bits per heavy atom. The van der Waals surface area contributed by atoms with E-state index in [4.69, 9.17) is 9.47 Å². The number of hydrogen-bond donors (Lipinski definition) is 0. The van der Waals surface area contributed by atoms with Crippen LogP contribution >= 0.6 is 0 Å². The zero-order valence-corrected chi connectivity index (χ0v) is 16.4. The summed E-state index contributed by atoms with van der Waals surface area (Å²) in [6.07, 6.45) is 0.413. The third-order valence-electron chi connectivity index (χ3n) is 4.40. The van der Waals surface area contributed by atoms with Crippen LogP contribution in [-0.4, -0.2) is 68.6 Å². The number of likely N-dealkylation sites (N-methyl/N-ethyl adjacent to an activating group) is 1. The average Bonchev–Trinajstić information content (AvgIpc) is 2.55. The van der Waals surface area contributed by atoms with E-state index >= 15 is 0 Å². The van der Waals surface area contributed by atoms with E-state index in [1.807, 2.05) is 51.1 Å². The predicted octanol–water partition coefficient (Wildman–Crippen LogP) is 1.92. The molecule has 3 atom stereocenters. The van der Waals surface area contributed by atoms with Crippen molar-refractivity contribution >= 4 is 10.2 Å². The summed E-state index contributed by atoms with van der Waals surface area (Å²) in [5, 5.41) is 0. The van der Waals surface area contributed by atoms with Gasteiger partial charge >= 0.3 is 0 Å². The number of methoxy groups -OCH3 is 1. The molecule has 0 aromatic heterocycles. The van der Waals surface area contributed by atoms with Gasteiger partial charge in [-0.1, -0.05) is 37.3 Å². The fourth-order valence-electron chi connectivity index (χ4n) is 3.40. The summed E-state index contributed by atoms with van der Waals surface area (Å²) in [4.78, 5) is 0. The molecule has 1 heterocycles. The van der Waals surface area contributed by atoms with Crippen molar-refractivity contribution < 1.29 is 17.9 Å².